The number of nitrogens with one attached hydrogen (secondary N) is 2. The topological polar surface area (TPSA) is 135 Å². The SMILES string of the molecule is CCCCc1nc2c(N)nc3ccccc3c2n1CCCCN(C)Cc1ccc(CC(=O)CCC(=O)NCCCCC(NC)C(C)=O)cc1. The van der Waals surface area contributed by atoms with Gasteiger partial charge in [-0.2, -0.15) is 0 Å². The molecular weight excluding hydrogens is 614 g/mol. The maximum Gasteiger partial charge on any atom is 0.220 e. The van der Waals surface area contributed by atoms with Crippen LogP contribution in [0.5, 0.6) is 0 Å². The second-order valence-corrected chi connectivity index (χ2v) is 13.3. The van der Waals surface area contributed by atoms with Gasteiger partial charge in [-0.05, 0) is 83.3 Å². The summed E-state index contributed by atoms with van der Waals surface area (Å²) in [4.78, 5) is 48.1. The van der Waals surface area contributed by atoms with Crippen LogP contribution in [0.25, 0.3) is 21.9 Å². The van der Waals surface area contributed by atoms with Crippen molar-refractivity contribution >= 4 is 45.2 Å². The number of imidazole rings is 1. The Labute approximate surface area is 291 Å². The van der Waals surface area contributed by atoms with E-state index in [4.69, 9.17) is 10.7 Å². The van der Waals surface area contributed by atoms with Crippen LogP contribution in [0.1, 0.15) is 88.6 Å². The molecule has 264 valence electrons. The number of hydrogen-bond acceptors (Lipinski definition) is 8. The van der Waals surface area contributed by atoms with Crippen LogP contribution in [0, 0.1) is 0 Å². The molecular formula is C39H55N7O3. The van der Waals surface area contributed by atoms with E-state index in [1.807, 2.05) is 30.3 Å². The number of anilines is 1. The molecule has 4 rings (SSSR count). The fourth-order valence-corrected chi connectivity index (χ4v) is 6.39. The lowest BCUT2D eigenvalue weighted by molar-refractivity contribution is -0.125. The number of benzene rings is 2. The van der Waals surface area contributed by atoms with Gasteiger partial charge in [0, 0.05) is 50.7 Å². The van der Waals surface area contributed by atoms with Crippen molar-refractivity contribution in [1.29, 1.82) is 0 Å². The number of likely N-dealkylation sites (N-methyl/N-ethyl adjacent to an activating group) is 1. The Morgan fingerprint density at radius 3 is 2.43 bits per heavy atom. The van der Waals surface area contributed by atoms with E-state index in [-0.39, 0.29) is 36.4 Å². The van der Waals surface area contributed by atoms with Crippen LogP contribution in [-0.4, -0.2) is 70.1 Å². The molecule has 0 aliphatic heterocycles. The zero-order valence-electron chi connectivity index (χ0n) is 29.9. The minimum absolute atomic E-state index is 0.0637. The molecule has 1 unspecified atom stereocenters. The Bertz CT molecular complexity index is 1680. The Morgan fingerprint density at radius 2 is 1.69 bits per heavy atom. The van der Waals surface area contributed by atoms with E-state index in [9.17, 15) is 14.4 Å². The van der Waals surface area contributed by atoms with E-state index in [2.05, 4.69) is 57.3 Å². The molecule has 10 nitrogen and oxygen atoms in total. The molecule has 0 bridgehead atoms. The van der Waals surface area contributed by atoms with Gasteiger partial charge in [-0.3, -0.25) is 14.4 Å². The van der Waals surface area contributed by atoms with Crippen molar-refractivity contribution in [2.75, 3.05) is 32.9 Å². The van der Waals surface area contributed by atoms with Gasteiger partial charge in [0.2, 0.25) is 5.91 Å². The second-order valence-electron chi connectivity index (χ2n) is 13.3. The number of aryl methyl sites for hydroxylation is 2. The van der Waals surface area contributed by atoms with E-state index >= 15 is 0 Å². The molecule has 0 radical (unpaired) electrons. The number of amides is 1. The third-order valence-corrected chi connectivity index (χ3v) is 9.20. The van der Waals surface area contributed by atoms with Crippen molar-refractivity contribution in [3.05, 3.63) is 65.5 Å². The number of rotatable bonds is 22. The van der Waals surface area contributed by atoms with Gasteiger partial charge in [-0.25, -0.2) is 9.97 Å². The van der Waals surface area contributed by atoms with Crippen molar-refractivity contribution in [3.63, 3.8) is 0 Å². The first kappa shape index (κ1) is 37.7. The van der Waals surface area contributed by atoms with Gasteiger partial charge in [-0.15, -0.1) is 0 Å². The number of carbonyl (C=O) groups is 3. The van der Waals surface area contributed by atoms with Crippen LogP contribution in [-0.2, 0) is 40.3 Å². The number of Topliss-reactive ketones (excluding diaryl/α,β-unsaturated/α-hetero) is 2. The number of para-hydroxylation sites is 1. The van der Waals surface area contributed by atoms with Crippen LogP contribution in [0.15, 0.2) is 48.5 Å². The van der Waals surface area contributed by atoms with Gasteiger partial charge in [0.1, 0.15) is 22.9 Å². The molecule has 0 aliphatic carbocycles. The molecule has 2 heterocycles. The minimum Gasteiger partial charge on any atom is -0.382 e. The first-order valence-corrected chi connectivity index (χ1v) is 18.0. The molecule has 10 heteroatoms. The summed E-state index contributed by atoms with van der Waals surface area (Å²) in [5.41, 5.74) is 11.4. The summed E-state index contributed by atoms with van der Waals surface area (Å²) >= 11 is 0. The maximum absolute atomic E-state index is 12.5. The van der Waals surface area contributed by atoms with Gasteiger partial charge in [0.05, 0.1) is 17.1 Å². The summed E-state index contributed by atoms with van der Waals surface area (Å²) in [7, 11) is 3.93. The zero-order chi connectivity index (χ0) is 35.2. The van der Waals surface area contributed by atoms with Crippen molar-refractivity contribution < 1.29 is 14.4 Å². The monoisotopic (exact) mass is 669 g/mol. The highest BCUT2D eigenvalue weighted by molar-refractivity contribution is 6.06. The van der Waals surface area contributed by atoms with Crippen molar-refractivity contribution in [3.8, 4) is 0 Å². The largest absolute Gasteiger partial charge is 0.382 e. The standard InChI is InChI=1S/C39H55N7O3/c1-5-6-16-35-44-37-38(32-13-7-8-15-34(32)43-39(37)40)46(35)25-12-11-24-45(4)27-30-19-17-29(18-20-30)26-31(48)21-22-36(49)42-23-10-9-14-33(41-3)28(2)47/h7-8,13,15,17-20,33,41H,5-6,9-12,14,16,21-27H2,1-4H3,(H2,40,43)(H,42,49). The lowest BCUT2D eigenvalue weighted by Gasteiger charge is -2.17. The molecule has 0 saturated carbocycles. The van der Waals surface area contributed by atoms with Crippen LogP contribution in [0.2, 0.25) is 0 Å². The number of fused-ring (bicyclic) bond motifs is 3. The summed E-state index contributed by atoms with van der Waals surface area (Å²) < 4.78 is 2.37. The molecule has 4 N–H and O–H groups in total. The number of aromatic nitrogens is 3. The number of unbranched alkanes of at least 4 members (excludes halogenated alkanes) is 3. The minimum atomic E-state index is -0.126. The summed E-state index contributed by atoms with van der Waals surface area (Å²) in [6, 6.07) is 16.3. The second kappa shape index (κ2) is 19.1. The molecule has 2 aromatic carbocycles. The number of nitrogens with two attached hydrogens (primary N) is 1. The maximum atomic E-state index is 12.5. The molecule has 0 fully saturated rings. The molecule has 1 atom stereocenters. The summed E-state index contributed by atoms with van der Waals surface area (Å²) in [5.74, 6) is 1.68. The van der Waals surface area contributed by atoms with Gasteiger partial charge in [0.25, 0.3) is 0 Å². The number of hydrogen-bond donors (Lipinski definition) is 3. The van der Waals surface area contributed by atoms with Gasteiger partial charge < -0.3 is 25.8 Å². The van der Waals surface area contributed by atoms with Crippen molar-refractivity contribution in [1.82, 2.24) is 30.1 Å². The lowest BCUT2D eigenvalue weighted by Crippen LogP contribution is -2.32. The average molecular weight is 670 g/mol. The van der Waals surface area contributed by atoms with Gasteiger partial charge >= 0.3 is 0 Å². The molecule has 0 spiro atoms. The Kier molecular flexibility index (Phi) is 14.7. The van der Waals surface area contributed by atoms with Crippen LogP contribution in [0.3, 0.4) is 0 Å². The normalized spacial score (nSPS) is 12.2. The predicted molar refractivity (Wildman–Crippen MR) is 198 cm³/mol. The third kappa shape index (κ3) is 11.2. The van der Waals surface area contributed by atoms with E-state index in [0.29, 0.717) is 18.8 Å². The molecule has 49 heavy (non-hydrogen) atoms. The number of ketones is 2. The lowest BCUT2D eigenvalue weighted by atomic mass is 10.0. The van der Waals surface area contributed by atoms with E-state index in [0.717, 1.165) is 104 Å². The zero-order valence-corrected chi connectivity index (χ0v) is 29.9. The number of pyridine rings is 1. The first-order valence-electron chi connectivity index (χ1n) is 18.0. The van der Waals surface area contributed by atoms with Crippen LogP contribution >= 0.6 is 0 Å². The van der Waals surface area contributed by atoms with E-state index in [1.54, 1.807) is 14.0 Å². The molecule has 0 aliphatic rings. The average Bonchev–Trinajstić information content (AvgIpc) is 3.46. The predicted octanol–water partition coefficient (Wildman–Crippen LogP) is 5.78. The fourth-order valence-electron chi connectivity index (χ4n) is 6.39. The smallest absolute Gasteiger partial charge is 0.220 e. The van der Waals surface area contributed by atoms with Crippen LogP contribution in [0.4, 0.5) is 5.82 Å². The highest BCUT2D eigenvalue weighted by Crippen LogP contribution is 2.29. The van der Waals surface area contributed by atoms with E-state index < -0.39 is 0 Å². The Hall–Kier alpha value is -4.15. The first-order chi connectivity index (χ1) is 23.7. The number of nitrogens with zero attached hydrogens (tertiary/aromatic N) is 4. The Balaban J connectivity index is 1.18. The molecule has 0 saturated heterocycles. The summed E-state index contributed by atoms with van der Waals surface area (Å²) in [6.07, 6.45) is 8.40. The highest BCUT2D eigenvalue weighted by Gasteiger charge is 2.17. The number of nitrogen functional groups attached to an aromatic ring is 1. The molecule has 2 aromatic heterocycles. The Morgan fingerprint density at radius 1 is 0.939 bits per heavy atom. The van der Waals surface area contributed by atoms with Crippen molar-refractivity contribution in [2.45, 2.75) is 104 Å². The third-order valence-electron chi connectivity index (χ3n) is 9.20. The van der Waals surface area contributed by atoms with E-state index in [1.165, 1.54) is 5.56 Å². The van der Waals surface area contributed by atoms with Gasteiger partial charge in [-0.1, -0.05) is 55.8 Å². The fraction of sp³-hybridized carbons (Fsp3) is 0.513. The van der Waals surface area contributed by atoms with Gasteiger partial charge in [0.15, 0.2) is 5.82 Å². The molecule has 4 aromatic rings. The summed E-state index contributed by atoms with van der Waals surface area (Å²) in [5, 5.41) is 7.00. The van der Waals surface area contributed by atoms with Crippen LogP contribution < -0.4 is 16.4 Å². The summed E-state index contributed by atoms with van der Waals surface area (Å²) in [6.45, 7) is 7.04. The highest BCUT2D eigenvalue weighted by atomic mass is 16.2. The molecule has 1 amide bonds. The van der Waals surface area contributed by atoms with Crippen molar-refractivity contribution in [2.24, 2.45) is 0 Å². The number of carbonyl (C=O) groups excluding carboxylic acids is 3. The quantitative estimate of drug-likeness (QED) is 0.0898.